The molecule has 3 nitrogen and oxygen atoms in total. The van der Waals surface area contributed by atoms with Crippen LogP contribution in [0.2, 0.25) is 0 Å². The Morgan fingerprint density at radius 2 is 1.62 bits per heavy atom. The number of benzene rings is 3. The summed E-state index contributed by atoms with van der Waals surface area (Å²) in [6.45, 7) is 1.22. The number of thiocarbonyl (C=S) groups is 1. The minimum atomic E-state index is 0.0597. The van der Waals surface area contributed by atoms with Crippen LogP contribution < -0.4 is 5.32 Å². The van der Waals surface area contributed by atoms with E-state index in [9.17, 15) is 5.11 Å². The van der Waals surface area contributed by atoms with Crippen molar-refractivity contribution in [3.8, 4) is 0 Å². The molecule has 3 aromatic rings. The average molecular weight is 336 g/mol. The molecule has 0 bridgehead atoms. The molecule has 3 aromatic carbocycles. The highest BCUT2D eigenvalue weighted by Crippen LogP contribution is 2.23. The largest absolute Gasteiger partial charge is 0.395 e. The first-order valence-electron chi connectivity index (χ1n) is 7.96. The predicted octanol–water partition coefficient (Wildman–Crippen LogP) is 4.03. The molecule has 0 amide bonds. The number of nitrogens with zero attached hydrogens (tertiary/aromatic N) is 1. The SMILES string of the molecule is OCCN(Cc1ccccc1)C(=S)Nc1cccc2ccccc12. The molecule has 0 unspecified atom stereocenters. The van der Waals surface area contributed by atoms with Crippen molar-refractivity contribution in [2.75, 3.05) is 18.5 Å². The maximum absolute atomic E-state index is 9.37. The zero-order valence-electron chi connectivity index (χ0n) is 13.4. The molecule has 24 heavy (non-hydrogen) atoms. The lowest BCUT2D eigenvalue weighted by Crippen LogP contribution is -2.36. The Morgan fingerprint density at radius 1 is 0.917 bits per heavy atom. The normalized spacial score (nSPS) is 10.5. The van der Waals surface area contributed by atoms with Gasteiger partial charge in [-0.1, -0.05) is 66.7 Å². The van der Waals surface area contributed by atoms with Crippen molar-refractivity contribution in [1.82, 2.24) is 4.90 Å². The molecule has 0 aromatic heterocycles. The number of fused-ring (bicyclic) bond motifs is 1. The quantitative estimate of drug-likeness (QED) is 0.690. The summed E-state index contributed by atoms with van der Waals surface area (Å²) in [6, 6.07) is 24.5. The minimum Gasteiger partial charge on any atom is -0.395 e. The highest BCUT2D eigenvalue weighted by Gasteiger charge is 2.11. The Bertz CT molecular complexity index is 815. The summed E-state index contributed by atoms with van der Waals surface area (Å²) in [5, 5.41) is 15.6. The number of hydrogen-bond donors (Lipinski definition) is 2. The first-order chi connectivity index (χ1) is 11.8. The molecule has 0 fully saturated rings. The first-order valence-corrected chi connectivity index (χ1v) is 8.37. The molecule has 0 spiro atoms. The summed E-state index contributed by atoms with van der Waals surface area (Å²) in [4.78, 5) is 1.98. The van der Waals surface area contributed by atoms with E-state index in [-0.39, 0.29) is 6.61 Å². The number of anilines is 1. The van der Waals surface area contributed by atoms with Crippen molar-refractivity contribution in [1.29, 1.82) is 0 Å². The predicted molar refractivity (Wildman–Crippen MR) is 104 cm³/mol. The van der Waals surface area contributed by atoms with Gasteiger partial charge in [0.15, 0.2) is 5.11 Å². The fraction of sp³-hybridized carbons (Fsp3) is 0.150. The summed E-state index contributed by atoms with van der Waals surface area (Å²) >= 11 is 5.59. The van der Waals surface area contributed by atoms with Crippen LogP contribution in [0.5, 0.6) is 0 Å². The molecule has 4 heteroatoms. The van der Waals surface area contributed by atoms with Gasteiger partial charge in [0, 0.05) is 24.2 Å². The highest BCUT2D eigenvalue weighted by molar-refractivity contribution is 7.80. The lowest BCUT2D eigenvalue weighted by molar-refractivity contribution is 0.248. The van der Waals surface area contributed by atoms with Gasteiger partial charge in [0.05, 0.1) is 6.61 Å². The second-order valence-electron chi connectivity index (χ2n) is 5.59. The van der Waals surface area contributed by atoms with Crippen LogP contribution in [0.15, 0.2) is 72.8 Å². The van der Waals surface area contributed by atoms with E-state index in [1.807, 2.05) is 47.4 Å². The van der Waals surface area contributed by atoms with Crippen molar-refractivity contribution in [3.63, 3.8) is 0 Å². The lowest BCUT2D eigenvalue weighted by atomic mass is 10.1. The van der Waals surface area contributed by atoms with Crippen LogP contribution in [0.4, 0.5) is 5.69 Å². The van der Waals surface area contributed by atoms with Gasteiger partial charge in [0.1, 0.15) is 0 Å². The van der Waals surface area contributed by atoms with E-state index in [4.69, 9.17) is 12.2 Å². The van der Waals surface area contributed by atoms with E-state index < -0.39 is 0 Å². The van der Waals surface area contributed by atoms with Crippen LogP contribution in [0.1, 0.15) is 5.56 Å². The van der Waals surface area contributed by atoms with Gasteiger partial charge >= 0.3 is 0 Å². The summed E-state index contributed by atoms with van der Waals surface area (Å²) in [6.07, 6.45) is 0. The van der Waals surface area contributed by atoms with Crippen LogP contribution in [0.25, 0.3) is 10.8 Å². The molecule has 0 atom stereocenters. The Morgan fingerprint density at radius 3 is 2.42 bits per heavy atom. The van der Waals surface area contributed by atoms with Gasteiger partial charge in [0.25, 0.3) is 0 Å². The topological polar surface area (TPSA) is 35.5 Å². The Hall–Kier alpha value is -2.43. The standard InChI is InChI=1S/C20H20N2OS/c23-14-13-22(15-16-7-2-1-3-8-16)20(24)21-19-12-6-10-17-9-4-5-11-18(17)19/h1-12,23H,13-15H2,(H,21,24). The van der Waals surface area contributed by atoms with Crippen molar-refractivity contribution in [3.05, 3.63) is 78.4 Å². The molecular formula is C20H20N2OS. The molecule has 2 N–H and O–H groups in total. The van der Waals surface area contributed by atoms with Gasteiger partial charge in [-0.2, -0.15) is 0 Å². The fourth-order valence-corrected chi connectivity index (χ4v) is 2.97. The third-order valence-electron chi connectivity index (χ3n) is 3.90. The molecule has 3 rings (SSSR count). The van der Waals surface area contributed by atoms with Crippen molar-refractivity contribution >= 4 is 33.8 Å². The molecule has 0 saturated carbocycles. The van der Waals surface area contributed by atoms with Crippen molar-refractivity contribution < 1.29 is 5.11 Å². The van der Waals surface area contributed by atoms with Crippen LogP contribution in [0.3, 0.4) is 0 Å². The number of nitrogens with one attached hydrogen (secondary N) is 1. The number of rotatable bonds is 5. The van der Waals surface area contributed by atoms with Crippen LogP contribution in [-0.4, -0.2) is 28.3 Å². The van der Waals surface area contributed by atoms with Gasteiger partial charge in [0.2, 0.25) is 0 Å². The number of hydrogen-bond acceptors (Lipinski definition) is 2. The Kier molecular flexibility index (Phi) is 5.41. The average Bonchev–Trinajstić information content (AvgIpc) is 2.62. The zero-order chi connectivity index (χ0) is 16.8. The molecular weight excluding hydrogens is 316 g/mol. The molecule has 0 aliphatic rings. The minimum absolute atomic E-state index is 0.0597. The third-order valence-corrected chi connectivity index (χ3v) is 4.26. The summed E-state index contributed by atoms with van der Waals surface area (Å²) < 4.78 is 0. The fourth-order valence-electron chi connectivity index (χ4n) is 2.71. The molecule has 0 heterocycles. The molecule has 0 saturated heterocycles. The van der Waals surface area contributed by atoms with Gasteiger partial charge in [-0.25, -0.2) is 0 Å². The Labute approximate surface area is 147 Å². The lowest BCUT2D eigenvalue weighted by Gasteiger charge is -2.25. The molecule has 0 radical (unpaired) electrons. The molecule has 0 aliphatic heterocycles. The van der Waals surface area contributed by atoms with Crippen LogP contribution >= 0.6 is 12.2 Å². The molecule has 122 valence electrons. The van der Waals surface area contributed by atoms with Gasteiger partial charge in [-0.3, -0.25) is 0 Å². The smallest absolute Gasteiger partial charge is 0.173 e. The maximum atomic E-state index is 9.37. The van der Waals surface area contributed by atoms with E-state index in [2.05, 4.69) is 35.6 Å². The van der Waals surface area contributed by atoms with Gasteiger partial charge < -0.3 is 15.3 Å². The van der Waals surface area contributed by atoms with Crippen LogP contribution in [-0.2, 0) is 6.54 Å². The second kappa shape index (κ2) is 7.90. The van der Waals surface area contributed by atoms with E-state index in [1.165, 1.54) is 5.39 Å². The first kappa shape index (κ1) is 16.4. The number of aliphatic hydroxyl groups is 1. The zero-order valence-corrected chi connectivity index (χ0v) is 14.2. The summed E-state index contributed by atoms with van der Waals surface area (Å²) in [5.41, 5.74) is 2.14. The maximum Gasteiger partial charge on any atom is 0.173 e. The van der Waals surface area contributed by atoms with Gasteiger partial charge in [-0.05, 0) is 29.2 Å². The van der Waals surface area contributed by atoms with Gasteiger partial charge in [-0.15, -0.1) is 0 Å². The Balaban J connectivity index is 1.80. The highest BCUT2D eigenvalue weighted by atomic mass is 32.1. The summed E-state index contributed by atoms with van der Waals surface area (Å²) in [5.74, 6) is 0. The number of aliphatic hydroxyl groups excluding tert-OH is 1. The van der Waals surface area contributed by atoms with E-state index in [0.29, 0.717) is 18.2 Å². The van der Waals surface area contributed by atoms with Crippen molar-refractivity contribution in [2.45, 2.75) is 6.54 Å². The van der Waals surface area contributed by atoms with E-state index >= 15 is 0 Å². The molecule has 0 aliphatic carbocycles. The van der Waals surface area contributed by atoms with Crippen molar-refractivity contribution in [2.24, 2.45) is 0 Å². The third kappa shape index (κ3) is 3.91. The summed E-state index contributed by atoms with van der Waals surface area (Å²) in [7, 11) is 0. The van der Waals surface area contributed by atoms with E-state index in [0.717, 1.165) is 16.6 Å². The van der Waals surface area contributed by atoms with Crippen LogP contribution in [0, 0.1) is 0 Å². The monoisotopic (exact) mass is 336 g/mol. The van der Waals surface area contributed by atoms with E-state index in [1.54, 1.807) is 0 Å². The second-order valence-corrected chi connectivity index (χ2v) is 5.97.